The average molecular weight is 230 g/mol. The number of carbonyl (C=O) groups is 1. The van der Waals surface area contributed by atoms with Gasteiger partial charge in [-0.3, -0.25) is 4.79 Å². The second-order valence-electron chi connectivity index (χ2n) is 4.18. The predicted molar refractivity (Wildman–Crippen MR) is 61.3 cm³/mol. The molecule has 5 heteroatoms. The smallest absolute Gasteiger partial charge is 0.253 e. The summed E-state index contributed by atoms with van der Waals surface area (Å²) < 4.78 is 10.5. The Hall–Kier alpha value is -0.650. The lowest BCUT2D eigenvalue weighted by Crippen LogP contribution is -2.52. The van der Waals surface area contributed by atoms with Crippen LogP contribution in [0.25, 0.3) is 0 Å². The van der Waals surface area contributed by atoms with Gasteiger partial charge in [0.2, 0.25) is 0 Å². The minimum absolute atomic E-state index is 0.0549. The molecule has 1 fully saturated rings. The Morgan fingerprint density at radius 1 is 1.62 bits per heavy atom. The van der Waals surface area contributed by atoms with Crippen LogP contribution in [0.4, 0.5) is 0 Å². The molecule has 1 saturated heterocycles. The Morgan fingerprint density at radius 3 is 2.88 bits per heavy atom. The molecular formula is C11H22N2O3. The molecule has 0 saturated carbocycles. The van der Waals surface area contributed by atoms with Crippen LogP contribution in [-0.2, 0) is 14.3 Å². The van der Waals surface area contributed by atoms with Gasteiger partial charge in [0.25, 0.3) is 5.91 Å². The van der Waals surface area contributed by atoms with Crippen molar-refractivity contribution >= 4 is 5.91 Å². The Balaban J connectivity index is 2.51. The van der Waals surface area contributed by atoms with Crippen molar-refractivity contribution in [1.82, 2.24) is 10.2 Å². The Bertz CT molecular complexity index is 215. The highest BCUT2D eigenvalue weighted by atomic mass is 16.5. The Labute approximate surface area is 97.1 Å². The SMILES string of the molecule is COCCN(C(=O)C1CNCCO1)C(C)C. The van der Waals surface area contributed by atoms with Gasteiger partial charge in [0.1, 0.15) is 6.10 Å². The van der Waals surface area contributed by atoms with Gasteiger partial charge in [0.05, 0.1) is 13.2 Å². The minimum Gasteiger partial charge on any atom is -0.383 e. The Kier molecular flexibility index (Phi) is 5.73. The van der Waals surface area contributed by atoms with Crippen LogP contribution in [0.2, 0.25) is 0 Å². The molecule has 0 aromatic carbocycles. The largest absolute Gasteiger partial charge is 0.383 e. The van der Waals surface area contributed by atoms with E-state index in [1.165, 1.54) is 0 Å². The van der Waals surface area contributed by atoms with Crippen LogP contribution in [0, 0.1) is 0 Å². The summed E-state index contributed by atoms with van der Waals surface area (Å²) in [6.07, 6.45) is -0.340. The summed E-state index contributed by atoms with van der Waals surface area (Å²) >= 11 is 0. The first-order valence-electron chi connectivity index (χ1n) is 5.78. The molecule has 0 radical (unpaired) electrons. The van der Waals surface area contributed by atoms with Gasteiger partial charge in [-0.2, -0.15) is 0 Å². The normalized spacial score (nSPS) is 21.1. The minimum atomic E-state index is -0.340. The molecule has 16 heavy (non-hydrogen) atoms. The number of hydrogen-bond acceptors (Lipinski definition) is 4. The van der Waals surface area contributed by atoms with Crippen molar-refractivity contribution in [1.29, 1.82) is 0 Å². The van der Waals surface area contributed by atoms with Gasteiger partial charge in [-0.05, 0) is 13.8 Å². The van der Waals surface area contributed by atoms with Crippen LogP contribution in [0.15, 0.2) is 0 Å². The number of carbonyl (C=O) groups excluding carboxylic acids is 1. The highest BCUT2D eigenvalue weighted by Crippen LogP contribution is 2.06. The lowest BCUT2D eigenvalue weighted by molar-refractivity contribution is -0.147. The average Bonchev–Trinajstić information content (AvgIpc) is 2.30. The first-order valence-corrected chi connectivity index (χ1v) is 5.78. The molecule has 1 unspecified atom stereocenters. The zero-order chi connectivity index (χ0) is 12.0. The van der Waals surface area contributed by atoms with Crippen LogP contribution >= 0.6 is 0 Å². The zero-order valence-corrected chi connectivity index (χ0v) is 10.4. The van der Waals surface area contributed by atoms with E-state index < -0.39 is 0 Å². The molecule has 0 aliphatic carbocycles. The zero-order valence-electron chi connectivity index (χ0n) is 10.4. The van der Waals surface area contributed by atoms with Crippen molar-refractivity contribution < 1.29 is 14.3 Å². The van der Waals surface area contributed by atoms with Crippen LogP contribution in [-0.4, -0.2) is 62.9 Å². The lowest BCUT2D eigenvalue weighted by atomic mass is 10.2. The summed E-state index contributed by atoms with van der Waals surface area (Å²) in [5, 5.41) is 3.16. The second kappa shape index (κ2) is 6.83. The van der Waals surface area contributed by atoms with Gasteiger partial charge >= 0.3 is 0 Å². The molecule has 1 rings (SSSR count). The van der Waals surface area contributed by atoms with E-state index in [0.29, 0.717) is 26.3 Å². The molecular weight excluding hydrogens is 208 g/mol. The van der Waals surface area contributed by atoms with Gasteiger partial charge in [-0.1, -0.05) is 0 Å². The van der Waals surface area contributed by atoms with Crippen LogP contribution in [0.3, 0.4) is 0 Å². The predicted octanol–water partition coefficient (Wildman–Crippen LogP) is -0.142. The molecule has 1 atom stereocenters. The van der Waals surface area contributed by atoms with Gasteiger partial charge in [-0.25, -0.2) is 0 Å². The Morgan fingerprint density at radius 2 is 2.38 bits per heavy atom. The molecule has 5 nitrogen and oxygen atoms in total. The molecule has 0 bridgehead atoms. The van der Waals surface area contributed by atoms with Gasteiger partial charge in [0, 0.05) is 32.8 Å². The van der Waals surface area contributed by atoms with Crippen LogP contribution < -0.4 is 5.32 Å². The van der Waals surface area contributed by atoms with Crippen LogP contribution in [0.5, 0.6) is 0 Å². The third kappa shape index (κ3) is 3.73. The summed E-state index contributed by atoms with van der Waals surface area (Å²) in [4.78, 5) is 14.0. The van der Waals surface area contributed by atoms with Crippen molar-refractivity contribution in [3.8, 4) is 0 Å². The van der Waals surface area contributed by atoms with E-state index in [9.17, 15) is 4.79 Å². The van der Waals surface area contributed by atoms with Crippen molar-refractivity contribution in [2.75, 3.05) is 40.0 Å². The molecule has 1 aliphatic heterocycles. The number of hydrogen-bond donors (Lipinski definition) is 1. The molecule has 1 amide bonds. The molecule has 1 heterocycles. The number of rotatable bonds is 5. The van der Waals surface area contributed by atoms with E-state index >= 15 is 0 Å². The number of nitrogens with zero attached hydrogens (tertiary/aromatic N) is 1. The number of ether oxygens (including phenoxy) is 2. The first-order chi connectivity index (χ1) is 7.66. The maximum absolute atomic E-state index is 12.2. The standard InChI is InChI=1S/C11H22N2O3/c1-9(2)13(5-7-15-3)11(14)10-8-12-4-6-16-10/h9-10,12H,4-8H2,1-3H3. The number of methoxy groups -OCH3 is 1. The lowest BCUT2D eigenvalue weighted by Gasteiger charge is -2.32. The van der Waals surface area contributed by atoms with E-state index in [0.717, 1.165) is 6.54 Å². The number of amides is 1. The monoisotopic (exact) mass is 230 g/mol. The summed E-state index contributed by atoms with van der Waals surface area (Å²) in [6.45, 7) is 7.22. The van der Waals surface area contributed by atoms with E-state index in [4.69, 9.17) is 9.47 Å². The maximum atomic E-state index is 12.2. The molecule has 0 aromatic heterocycles. The summed E-state index contributed by atoms with van der Waals surface area (Å²) in [5.74, 6) is 0.0549. The third-order valence-electron chi connectivity index (χ3n) is 2.65. The highest BCUT2D eigenvalue weighted by molar-refractivity contribution is 5.81. The topological polar surface area (TPSA) is 50.8 Å². The molecule has 1 N–H and O–H groups in total. The number of morpholine rings is 1. The fourth-order valence-corrected chi connectivity index (χ4v) is 1.72. The fourth-order valence-electron chi connectivity index (χ4n) is 1.72. The summed E-state index contributed by atoms with van der Waals surface area (Å²) in [5.41, 5.74) is 0. The maximum Gasteiger partial charge on any atom is 0.253 e. The first kappa shape index (κ1) is 13.4. The third-order valence-corrected chi connectivity index (χ3v) is 2.65. The quantitative estimate of drug-likeness (QED) is 0.714. The van der Waals surface area contributed by atoms with Gasteiger partial charge in [-0.15, -0.1) is 0 Å². The van der Waals surface area contributed by atoms with E-state index in [1.807, 2.05) is 13.8 Å². The van der Waals surface area contributed by atoms with Crippen molar-refractivity contribution in [3.63, 3.8) is 0 Å². The molecule has 1 aliphatic rings. The summed E-state index contributed by atoms with van der Waals surface area (Å²) in [6, 6.07) is 0.174. The fraction of sp³-hybridized carbons (Fsp3) is 0.909. The van der Waals surface area contributed by atoms with Crippen molar-refractivity contribution in [2.24, 2.45) is 0 Å². The highest BCUT2D eigenvalue weighted by Gasteiger charge is 2.27. The van der Waals surface area contributed by atoms with Gasteiger partial charge in [0.15, 0.2) is 0 Å². The summed E-state index contributed by atoms with van der Waals surface area (Å²) in [7, 11) is 1.64. The van der Waals surface area contributed by atoms with E-state index in [1.54, 1.807) is 12.0 Å². The molecule has 0 spiro atoms. The number of nitrogens with one attached hydrogen (secondary N) is 1. The van der Waals surface area contributed by atoms with Crippen LogP contribution in [0.1, 0.15) is 13.8 Å². The van der Waals surface area contributed by atoms with E-state index in [2.05, 4.69) is 5.32 Å². The van der Waals surface area contributed by atoms with Gasteiger partial charge < -0.3 is 19.7 Å². The molecule has 94 valence electrons. The molecule has 0 aromatic rings. The van der Waals surface area contributed by atoms with Crippen molar-refractivity contribution in [2.45, 2.75) is 26.0 Å². The van der Waals surface area contributed by atoms with E-state index in [-0.39, 0.29) is 18.1 Å². The van der Waals surface area contributed by atoms with Crippen molar-refractivity contribution in [3.05, 3.63) is 0 Å². The second-order valence-corrected chi connectivity index (χ2v) is 4.18.